The zero-order valence-electron chi connectivity index (χ0n) is 9.77. The highest BCUT2D eigenvalue weighted by Crippen LogP contribution is 2.36. The van der Waals surface area contributed by atoms with Gasteiger partial charge < -0.3 is 15.2 Å². The SMILES string of the molecule is Cc1cc2c(cc1C(N)C(=O)N(C)N)OCO2. The highest BCUT2D eigenvalue weighted by atomic mass is 16.7. The van der Waals surface area contributed by atoms with Crippen LogP contribution in [-0.2, 0) is 4.79 Å². The molecule has 1 aromatic rings. The van der Waals surface area contributed by atoms with E-state index in [9.17, 15) is 4.79 Å². The average molecular weight is 237 g/mol. The summed E-state index contributed by atoms with van der Waals surface area (Å²) in [4.78, 5) is 11.7. The maximum absolute atomic E-state index is 11.7. The van der Waals surface area contributed by atoms with Crippen LogP contribution >= 0.6 is 0 Å². The molecule has 0 spiro atoms. The fraction of sp³-hybridized carbons (Fsp3) is 0.364. The van der Waals surface area contributed by atoms with Gasteiger partial charge in [0.25, 0.3) is 5.91 Å². The fourth-order valence-electron chi connectivity index (χ4n) is 1.75. The third kappa shape index (κ3) is 2.04. The van der Waals surface area contributed by atoms with Gasteiger partial charge in [-0.05, 0) is 30.2 Å². The van der Waals surface area contributed by atoms with E-state index < -0.39 is 6.04 Å². The summed E-state index contributed by atoms with van der Waals surface area (Å²) in [5, 5.41) is 0.981. The number of amides is 1. The van der Waals surface area contributed by atoms with E-state index in [4.69, 9.17) is 21.1 Å². The van der Waals surface area contributed by atoms with Gasteiger partial charge in [-0.25, -0.2) is 5.84 Å². The molecular formula is C11H15N3O3. The van der Waals surface area contributed by atoms with Crippen LogP contribution in [0, 0.1) is 6.92 Å². The van der Waals surface area contributed by atoms with Crippen molar-refractivity contribution in [1.82, 2.24) is 5.01 Å². The van der Waals surface area contributed by atoms with Gasteiger partial charge in [0.1, 0.15) is 6.04 Å². The van der Waals surface area contributed by atoms with E-state index >= 15 is 0 Å². The van der Waals surface area contributed by atoms with E-state index in [0.29, 0.717) is 17.1 Å². The summed E-state index contributed by atoms with van der Waals surface area (Å²) in [6.07, 6.45) is 0. The number of rotatable bonds is 2. The Morgan fingerprint density at radius 2 is 2.00 bits per heavy atom. The average Bonchev–Trinajstić information content (AvgIpc) is 2.72. The Morgan fingerprint density at radius 1 is 1.41 bits per heavy atom. The van der Waals surface area contributed by atoms with Crippen molar-refractivity contribution in [3.63, 3.8) is 0 Å². The summed E-state index contributed by atoms with van der Waals surface area (Å²) < 4.78 is 10.5. The van der Waals surface area contributed by atoms with Crippen molar-refractivity contribution in [3.8, 4) is 11.5 Å². The van der Waals surface area contributed by atoms with Gasteiger partial charge in [-0.1, -0.05) is 0 Å². The maximum Gasteiger partial charge on any atom is 0.257 e. The van der Waals surface area contributed by atoms with Crippen LogP contribution in [0.25, 0.3) is 0 Å². The summed E-state index contributed by atoms with van der Waals surface area (Å²) in [7, 11) is 1.46. The van der Waals surface area contributed by atoms with Gasteiger partial charge in [-0.3, -0.25) is 9.80 Å². The maximum atomic E-state index is 11.7. The van der Waals surface area contributed by atoms with Crippen molar-refractivity contribution in [2.75, 3.05) is 13.8 Å². The fourth-order valence-corrected chi connectivity index (χ4v) is 1.75. The quantitative estimate of drug-likeness (QED) is 0.431. The number of benzene rings is 1. The van der Waals surface area contributed by atoms with E-state index in [0.717, 1.165) is 10.6 Å². The monoisotopic (exact) mass is 237 g/mol. The molecule has 0 aromatic heterocycles. The van der Waals surface area contributed by atoms with Crippen LogP contribution in [0.4, 0.5) is 0 Å². The number of nitrogens with zero attached hydrogens (tertiary/aromatic N) is 1. The van der Waals surface area contributed by atoms with E-state index in [1.165, 1.54) is 7.05 Å². The topological polar surface area (TPSA) is 90.8 Å². The molecule has 1 unspecified atom stereocenters. The standard InChI is InChI=1S/C11H15N3O3/c1-6-3-8-9(17-5-16-8)4-7(6)10(12)11(15)14(2)13/h3-4,10H,5,12-13H2,1-2H3. The Hall–Kier alpha value is -1.79. The summed E-state index contributed by atoms with van der Waals surface area (Å²) in [5.74, 6) is 6.31. The Morgan fingerprint density at radius 3 is 2.59 bits per heavy atom. The number of hydrazine groups is 1. The molecular weight excluding hydrogens is 222 g/mol. The van der Waals surface area contributed by atoms with Crippen LogP contribution in [-0.4, -0.2) is 24.8 Å². The van der Waals surface area contributed by atoms with Gasteiger partial charge in [0.05, 0.1) is 0 Å². The van der Waals surface area contributed by atoms with Crippen LogP contribution in [0.5, 0.6) is 11.5 Å². The number of likely N-dealkylation sites (N-methyl/N-ethyl adjacent to an activating group) is 1. The second kappa shape index (κ2) is 4.23. The molecule has 6 heteroatoms. The van der Waals surface area contributed by atoms with Crippen LogP contribution < -0.4 is 21.1 Å². The Kier molecular flexibility index (Phi) is 2.91. The van der Waals surface area contributed by atoms with E-state index in [1.54, 1.807) is 12.1 Å². The van der Waals surface area contributed by atoms with E-state index in [1.807, 2.05) is 6.92 Å². The first-order valence-corrected chi connectivity index (χ1v) is 5.18. The van der Waals surface area contributed by atoms with Gasteiger partial charge in [0.15, 0.2) is 11.5 Å². The third-order valence-corrected chi connectivity index (χ3v) is 2.71. The predicted octanol–water partition coefficient (Wildman–Crippen LogP) is 0.0556. The van der Waals surface area contributed by atoms with Gasteiger partial charge >= 0.3 is 0 Å². The molecule has 4 N–H and O–H groups in total. The molecule has 1 aliphatic rings. The summed E-state index contributed by atoms with van der Waals surface area (Å²) >= 11 is 0. The molecule has 0 fully saturated rings. The lowest BCUT2D eigenvalue weighted by molar-refractivity contribution is -0.131. The molecule has 1 atom stereocenters. The lowest BCUT2D eigenvalue weighted by Crippen LogP contribution is -2.40. The third-order valence-electron chi connectivity index (χ3n) is 2.71. The first-order valence-electron chi connectivity index (χ1n) is 5.18. The van der Waals surface area contributed by atoms with Crippen molar-refractivity contribution in [2.24, 2.45) is 11.6 Å². The van der Waals surface area contributed by atoms with Crippen LogP contribution in [0.15, 0.2) is 12.1 Å². The summed E-state index contributed by atoms with van der Waals surface area (Å²) in [6.45, 7) is 2.05. The van der Waals surface area contributed by atoms with Crippen molar-refractivity contribution in [2.45, 2.75) is 13.0 Å². The normalized spacial score (nSPS) is 14.6. The van der Waals surface area contributed by atoms with Crippen LogP contribution in [0.2, 0.25) is 0 Å². The minimum absolute atomic E-state index is 0.193. The number of nitrogens with two attached hydrogens (primary N) is 2. The number of hydrogen-bond acceptors (Lipinski definition) is 5. The van der Waals surface area contributed by atoms with Gasteiger partial charge in [0, 0.05) is 7.05 Å². The molecule has 0 saturated heterocycles. The van der Waals surface area contributed by atoms with Crippen LogP contribution in [0.3, 0.4) is 0 Å². The van der Waals surface area contributed by atoms with Gasteiger partial charge in [0.2, 0.25) is 6.79 Å². The first-order chi connectivity index (χ1) is 8.00. The molecule has 1 heterocycles. The van der Waals surface area contributed by atoms with Crippen molar-refractivity contribution >= 4 is 5.91 Å². The molecule has 0 aliphatic carbocycles. The molecule has 0 radical (unpaired) electrons. The number of aryl methyl sites for hydroxylation is 1. The molecule has 1 amide bonds. The summed E-state index contributed by atoms with van der Waals surface area (Å²) in [6, 6.07) is 2.74. The molecule has 1 aromatic carbocycles. The van der Waals surface area contributed by atoms with Gasteiger partial charge in [-0.2, -0.15) is 0 Å². The lowest BCUT2D eigenvalue weighted by atomic mass is 10.0. The molecule has 0 bridgehead atoms. The largest absolute Gasteiger partial charge is 0.454 e. The Labute approximate surface area is 99.0 Å². The lowest BCUT2D eigenvalue weighted by Gasteiger charge is -2.18. The highest BCUT2D eigenvalue weighted by molar-refractivity contribution is 5.83. The van der Waals surface area contributed by atoms with Gasteiger partial charge in [-0.15, -0.1) is 0 Å². The van der Waals surface area contributed by atoms with E-state index in [2.05, 4.69) is 0 Å². The smallest absolute Gasteiger partial charge is 0.257 e. The summed E-state index contributed by atoms with van der Waals surface area (Å²) in [5.41, 5.74) is 7.43. The number of hydrogen-bond donors (Lipinski definition) is 2. The molecule has 6 nitrogen and oxygen atoms in total. The molecule has 17 heavy (non-hydrogen) atoms. The minimum Gasteiger partial charge on any atom is -0.454 e. The van der Waals surface area contributed by atoms with E-state index in [-0.39, 0.29) is 12.7 Å². The Bertz CT molecular complexity index is 460. The van der Waals surface area contributed by atoms with Crippen LogP contribution in [0.1, 0.15) is 17.2 Å². The minimum atomic E-state index is -0.792. The van der Waals surface area contributed by atoms with Crippen molar-refractivity contribution in [3.05, 3.63) is 23.3 Å². The number of carbonyl (C=O) groups is 1. The predicted molar refractivity (Wildman–Crippen MR) is 61.2 cm³/mol. The zero-order chi connectivity index (χ0) is 12.6. The molecule has 92 valence electrons. The second-order valence-electron chi connectivity index (χ2n) is 3.99. The molecule has 2 rings (SSSR count). The highest BCUT2D eigenvalue weighted by Gasteiger charge is 2.23. The molecule has 0 saturated carbocycles. The van der Waals surface area contributed by atoms with Crippen molar-refractivity contribution in [1.29, 1.82) is 0 Å². The number of fused-ring (bicyclic) bond motifs is 1. The first kappa shape index (κ1) is 11.7. The Balaban J connectivity index is 2.36. The van der Waals surface area contributed by atoms with Crippen molar-refractivity contribution < 1.29 is 14.3 Å². The molecule has 1 aliphatic heterocycles. The zero-order valence-corrected chi connectivity index (χ0v) is 9.77. The second-order valence-corrected chi connectivity index (χ2v) is 3.99. The number of carbonyl (C=O) groups excluding carboxylic acids is 1. The number of ether oxygens (including phenoxy) is 2.